The molecular weight excluding hydrogens is 515 g/mol. The second-order valence-electron chi connectivity index (χ2n) is 9.69. The van der Waals surface area contributed by atoms with Crippen LogP contribution in [0, 0.1) is 17.1 Å². The summed E-state index contributed by atoms with van der Waals surface area (Å²) in [5.74, 6) is 0.622. The molecule has 0 saturated carbocycles. The molecule has 4 N–H and O–H groups in total. The lowest BCUT2D eigenvalue weighted by atomic mass is 9.90. The zero-order valence-electron chi connectivity index (χ0n) is 19.6. The third-order valence-electron chi connectivity index (χ3n) is 7.79. The van der Waals surface area contributed by atoms with E-state index in [0.29, 0.717) is 57.0 Å². The van der Waals surface area contributed by atoms with Crippen molar-refractivity contribution in [3.05, 3.63) is 45.5 Å². The lowest BCUT2D eigenvalue weighted by molar-refractivity contribution is 0.135. The summed E-state index contributed by atoms with van der Waals surface area (Å²) in [4.78, 5) is 11.8. The number of fused-ring (bicyclic) bond motifs is 6. The SMILES string of the molecule is N#Cc1c(N)sc2c(F)ccc(-c3c4c(c5c(N6C7CCC6CNC7)nc(CO)nc5c3Cl)COC4)c12. The Bertz CT molecular complexity index is 1650. The van der Waals surface area contributed by atoms with Gasteiger partial charge in [-0.15, -0.1) is 11.3 Å². The monoisotopic (exact) mass is 536 g/mol. The number of benzene rings is 2. The predicted molar refractivity (Wildman–Crippen MR) is 141 cm³/mol. The van der Waals surface area contributed by atoms with Crippen LogP contribution in [0.15, 0.2) is 12.1 Å². The fourth-order valence-corrected chi connectivity index (χ4v) is 7.53. The molecule has 2 aromatic carbocycles. The highest BCUT2D eigenvalue weighted by Crippen LogP contribution is 2.50. The Kier molecular flexibility index (Phi) is 5.29. The van der Waals surface area contributed by atoms with E-state index in [4.69, 9.17) is 27.1 Å². The van der Waals surface area contributed by atoms with Crippen molar-refractivity contribution in [1.82, 2.24) is 15.3 Å². The van der Waals surface area contributed by atoms with E-state index in [0.717, 1.165) is 59.6 Å². The molecule has 188 valence electrons. The molecule has 3 aliphatic rings. The van der Waals surface area contributed by atoms with Gasteiger partial charge in [0.2, 0.25) is 0 Å². The molecule has 2 fully saturated rings. The minimum atomic E-state index is -0.442. The van der Waals surface area contributed by atoms with E-state index in [1.54, 1.807) is 6.07 Å². The standard InChI is InChI=1S/C26H22ClFN6O2S/c27-22-19(13-3-4-17(28)24-20(13)14(5-29)25(30)37-24)15-9-36-10-16(15)21-23(22)32-18(8-35)33-26(21)34-11-1-2-12(34)7-31-6-11/h3-4,11-12,31,35H,1-2,6-10,30H2. The summed E-state index contributed by atoms with van der Waals surface area (Å²) < 4.78 is 21.1. The van der Waals surface area contributed by atoms with Crippen molar-refractivity contribution in [3.8, 4) is 17.2 Å². The normalized spacial score (nSPS) is 20.6. The lowest BCUT2D eigenvalue weighted by Gasteiger charge is -2.37. The van der Waals surface area contributed by atoms with Crippen LogP contribution in [0.5, 0.6) is 0 Å². The first-order valence-corrected chi connectivity index (χ1v) is 13.3. The van der Waals surface area contributed by atoms with Crippen LogP contribution in [-0.2, 0) is 24.6 Å². The number of nitrogens with two attached hydrogens (primary N) is 1. The number of aromatic nitrogens is 2. The first kappa shape index (κ1) is 23.1. The maximum Gasteiger partial charge on any atom is 0.156 e. The van der Waals surface area contributed by atoms with Gasteiger partial charge in [0, 0.05) is 36.1 Å². The Morgan fingerprint density at radius 3 is 2.70 bits per heavy atom. The van der Waals surface area contributed by atoms with E-state index >= 15 is 0 Å². The number of nitrogens with one attached hydrogen (secondary N) is 1. The summed E-state index contributed by atoms with van der Waals surface area (Å²) in [6, 6.07) is 5.75. The van der Waals surface area contributed by atoms with Crippen molar-refractivity contribution in [2.24, 2.45) is 0 Å². The van der Waals surface area contributed by atoms with Crippen LogP contribution in [-0.4, -0.2) is 40.2 Å². The molecule has 0 aliphatic carbocycles. The van der Waals surface area contributed by atoms with Crippen LogP contribution < -0.4 is 16.0 Å². The summed E-state index contributed by atoms with van der Waals surface area (Å²) in [6.07, 6.45) is 2.12. The van der Waals surface area contributed by atoms with Gasteiger partial charge in [-0.05, 0) is 35.6 Å². The molecule has 8 nitrogen and oxygen atoms in total. The molecule has 4 aromatic rings. The topological polar surface area (TPSA) is 120 Å². The number of anilines is 2. The zero-order valence-corrected chi connectivity index (χ0v) is 21.2. The zero-order chi connectivity index (χ0) is 25.4. The summed E-state index contributed by atoms with van der Waals surface area (Å²) in [5, 5.41) is 25.3. The number of halogens is 2. The highest BCUT2D eigenvalue weighted by molar-refractivity contribution is 7.23. The average molecular weight is 537 g/mol. The van der Waals surface area contributed by atoms with Gasteiger partial charge in [-0.2, -0.15) is 5.26 Å². The van der Waals surface area contributed by atoms with Gasteiger partial charge in [0.15, 0.2) is 5.82 Å². The number of nitrogen functional groups attached to an aromatic ring is 1. The highest BCUT2D eigenvalue weighted by atomic mass is 35.5. The predicted octanol–water partition coefficient (Wildman–Crippen LogP) is 4.22. The molecule has 2 saturated heterocycles. The van der Waals surface area contributed by atoms with Crippen molar-refractivity contribution in [1.29, 1.82) is 5.26 Å². The van der Waals surface area contributed by atoms with Crippen LogP contribution in [0.25, 0.3) is 32.1 Å². The fourth-order valence-electron chi connectivity index (χ4n) is 6.23. The maximum absolute atomic E-state index is 14.8. The fraction of sp³-hybridized carbons (Fsp3) is 0.346. The molecule has 2 atom stereocenters. The summed E-state index contributed by atoms with van der Waals surface area (Å²) in [7, 11) is 0. The van der Waals surface area contributed by atoms with Gasteiger partial charge in [-0.25, -0.2) is 14.4 Å². The number of hydrogen-bond donors (Lipinski definition) is 3. The van der Waals surface area contributed by atoms with Crippen molar-refractivity contribution in [2.75, 3.05) is 23.7 Å². The Morgan fingerprint density at radius 1 is 1.22 bits per heavy atom. The van der Waals surface area contributed by atoms with Crippen LogP contribution in [0.4, 0.5) is 15.2 Å². The summed E-state index contributed by atoms with van der Waals surface area (Å²) in [5.41, 5.74) is 9.94. The first-order chi connectivity index (χ1) is 18.0. The molecule has 0 spiro atoms. The lowest BCUT2D eigenvalue weighted by Crippen LogP contribution is -2.52. The third kappa shape index (κ3) is 3.22. The Morgan fingerprint density at radius 2 is 1.97 bits per heavy atom. The Labute approximate surface area is 220 Å². The first-order valence-electron chi connectivity index (χ1n) is 12.1. The van der Waals surface area contributed by atoms with Crippen LogP contribution in [0.3, 0.4) is 0 Å². The van der Waals surface area contributed by atoms with E-state index in [1.807, 2.05) is 0 Å². The summed E-state index contributed by atoms with van der Waals surface area (Å²) >= 11 is 8.22. The van der Waals surface area contributed by atoms with Crippen molar-refractivity contribution >= 4 is 54.7 Å². The minimum absolute atomic E-state index is 0.232. The second-order valence-corrected chi connectivity index (χ2v) is 11.1. The Hall–Kier alpha value is -3.07. The molecule has 0 radical (unpaired) electrons. The third-order valence-corrected chi connectivity index (χ3v) is 9.18. The van der Waals surface area contributed by atoms with Gasteiger partial charge in [0.1, 0.15) is 29.3 Å². The smallest absolute Gasteiger partial charge is 0.156 e. The van der Waals surface area contributed by atoms with Gasteiger partial charge in [-0.3, -0.25) is 0 Å². The van der Waals surface area contributed by atoms with Gasteiger partial charge >= 0.3 is 0 Å². The number of ether oxygens (including phenoxy) is 1. The summed E-state index contributed by atoms with van der Waals surface area (Å²) in [6.45, 7) is 2.07. The number of aliphatic hydroxyl groups excluding tert-OH is 1. The number of nitrogens with zero attached hydrogens (tertiary/aromatic N) is 4. The molecule has 2 aromatic heterocycles. The van der Waals surface area contributed by atoms with E-state index in [-0.39, 0.29) is 23.0 Å². The van der Waals surface area contributed by atoms with E-state index < -0.39 is 5.82 Å². The molecule has 2 unspecified atom stereocenters. The molecule has 37 heavy (non-hydrogen) atoms. The largest absolute Gasteiger partial charge is 0.389 e. The van der Waals surface area contributed by atoms with Crippen LogP contribution in [0.1, 0.15) is 35.4 Å². The van der Waals surface area contributed by atoms with Crippen LogP contribution in [0.2, 0.25) is 5.02 Å². The second kappa shape index (κ2) is 8.48. The van der Waals surface area contributed by atoms with Crippen LogP contribution >= 0.6 is 22.9 Å². The van der Waals surface area contributed by atoms with Gasteiger partial charge in [0.25, 0.3) is 0 Å². The number of nitriles is 1. The molecule has 0 amide bonds. The number of piperazine rings is 1. The number of aliphatic hydroxyl groups is 1. The van der Waals surface area contributed by atoms with E-state index in [9.17, 15) is 14.8 Å². The van der Waals surface area contributed by atoms with Gasteiger partial charge in [0.05, 0.1) is 39.4 Å². The molecule has 5 heterocycles. The van der Waals surface area contributed by atoms with E-state index in [2.05, 4.69) is 21.3 Å². The van der Waals surface area contributed by atoms with Gasteiger partial charge < -0.3 is 25.8 Å². The molecule has 11 heteroatoms. The maximum atomic E-state index is 14.8. The van der Waals surface area contributed by atoms with Crippen molar-refractivity contribution in [3.63, 3.8) is 0 Å². The van der Waals surface area contributed by atoms with Crippen molar-refractivity contribution < 1.29 is 14.2 Å². The minimum Gasteiger partial charge on any atom is -0.389 e. The molecule has 3 aliphatic heterocycles. The number of hydrogen-bond acceptors (Lipinski definition) is 9. The van der Waals surface area contributed by atoms with Gasteiger partial charge in [-0.1, -0.05) is 17.7 Å². The number of thiophene rings is 1. The van der Waals surface area contributed by atoms with Crippen molar-refractivity contribution in [2.45, 2.75) is 44.7 Å². The molecular formula is C26H22ClFN6O2S. The number of rotatable bonds is 3. The Balaban J connectivity index is 1.58. The highest BCUT2D eigenvalue weighted by Gasteiger charge is 2.40. The molecule has 7 rings (SSSR count). The van der Waals surface area contributed by atoms with E-state index in [1.165, 1.54) is 6.07 Å². The quantitative estimate of drug-likeness (QED) is 0.356. The molecule has 2 bridgehead atoms. The average Bonchev–Trinajstić information content (AvgIpc) is 3.58.